The molecule has 9 heteroatoms. The Labute approximate surface area is 161 Å². The monoisotopic (exact) mass is 388 g/mol. The Hall–Kier alpha value is -2.86. The van der Waals surface area contributed by atoms with Crippen LogP contribution in [0.1, 0.15) is 35.2 Å². The van der Waals surface area contributed by atoms with Crippen molar-refractivity contribution in [2.75, 3.05) is 13.6 Å². The summed E-state index contributed by atoms with van der Waals surface area (Å²) in [5.41, 5.74) is 1.02. The maximum absolute atomic E-state index is 12.5. The van der Waals surface area contributed by atoms with Gasteiger partial charge in [0.25, 0.3) is 5.91 Å². The van der Waals surface area contributed by atoms with Crippen LogP contribution in [0.4, 0.5) is 0 Å². The zero-order chi connectivity index (χ0) is 19.8. The van der Waals surface area contributed by atoms with E-state index in [4.69, 9.17) is 14.5 Å². The second-order valence-electron chi connectivity index (χ2n) is 5.79. The van der Waals surface area contributed by atoms with Gasteiger partial charge in [0.15, 0.2) is 6.10 Å². The number of carbonyl (C=O) groups excluding carboxylic acids is 2. The highest BCUT2D eigenvalue weighted by Crippen LogP contribution is 2.25. The number of nitriles is 1. The lowest BCUT2D eigenvalue weighted by molar-refractivity contribution is -0.138. The second-order valence-corrected chi connectivity index (χ2v) is 6.75. The summed E-state index contributed by atoms with van der Waals surface area (Å²) in [6.45, 7) is 3.59. The number of aryl methyl sites for hydroxylation is 1. The Kier molecular flexibility index (Phi) is 7.37. The van der Waals surface area contributed by atoms with Crippen molar-refractivity contribution in [1.82, 2.24) is 15.0 Å². The van der Waals surface area contributed by atoms with Crippen LogP contribution in [0.25, 0.3) is 0 Å². The third-order valence-corrected chi connectivity index (χ3v) is 4.63. The first-order chi connectivity index (χ1) is 12.9. The first-order valence-corrected chi connectivity index (χ1v) is 9.24. The van der Waals surface area contributed by atoms with Crippen molar-refractivity contribution in [2.24, 2.45) is 0 Å². The minimum absolute atomic E-state index is 0.216. The summed E-state index contributed by atoms with van der Waals surface area (Å²) in [5, 5.41) is 13.0. The van der Waals surface area contributed by atoms with Gasteiger partial charge in [0, 0.05) is 31.6 Å². The topological polar surface area (TPSA) is 109 Å². The van der Waals surface area contributed by atoms with E-state index in [1.807, 2.05) is 12.1 Å². The fourth-order valence-corrected chi connectivity index (χ4v) is 3.07. The third kappa shape index (κ3) is 5.82. The molecule has 0 aromatic carbocycles. The zero-order valence-electron chi connectivity index (χ0n) is 15.3. The molecule has 8 nitrogen and oxygen atoms in total. The van der Waals surface area contributed by atoms with Gasteiger partial charge < -0.3 is 14.2 Å². The molecule has 0 saturated heterocycles. The van der Waals surface area contributed by atoms with Gasteiger partial charge in [-0.15, -0.1) is 0 Å². The molecule has 142 valence electrons. The van der Waals surface area contributed by atoms with Gasteiger partial charge in [-0.1, -0.05) is 16.9 Å². The molecular weight excluding hydrogens is 368 g/mol. The van der Waals surface area contributed by atoms with E-state index in [0.29, 0.717) is 16.5 Å². The number of aromatic nitrogens is 2. The number of pyridine rings is 1. The summed E-state index contributed by atoms with van der Waals surface area (Å²) in [7, 11) is 1.56. The van der Waals surface area contributed by atoms with E-state index in [2.05, 4.69) is 10.1 Å². The minimum Gasteiger partial charge on any atom is -0.449 e. The summed E-state index contributed by atoms with van der Waals surface area (Å²) in [4.78, 5) is 30.3. The number of ether oxygens (including phenoxy) is 1. The van der Waals surface area contributed by atoms with Gasteiger partial charge in [0.05, 0.1) is 23.7 Å². The van der Waals surface area contributed by atoms with Crippen molar-refractivity contribution in [1.29, 1.82) is 5.26 Å². The number of thioether (sulfide) groups is 1. The summed E-state index contributed by atoms with van der Waals surface area (Å²) in [5.74, 6) is 0.199. The molecule has 0 radical (unpaired) electrons. The molecule has 0 fully saturated rings. The highest BCUT2D eigenvalue weighted by Gasteiger charge is 2.24. The van der Waals surface area contributed by atoms with E-state index in [1.54, 1.807) is 32.3 Å². The number of nitrogens with zero attached hydrogens (tertiary/aromatic N) is 4. The molecule has 2 aromatic rings. The Balaban J connectivity index is 2.01. The Morgan fingerprint density at radius 3 is 2.93 bits per heavy atom. The predicted molar refractivity (Wildman–Crippen MR) is 97.8 cm³/mol. The quantitative estimate of drug-likeness (QED) is 0.501. The average Bonchev–Trinajstić information content (AvgIpc) is 3.09. The smallest absolute Gasteiger partial charge is 0.341 e. The van der Waals surface area contributed by atoms with Crippen molar-refractivity contribution in [3.8, 4) is 6.07 Å². The fourth-order valence-electron chi connectivity index (χ4n) is 2.20. The van der Waals surface area contributed by atoms with Crippen LogP contribution in [-0.2, 0) is 15.3 Å². The van der Waals surface area contributed by atoms with Crippen molar-refractivity contribution < 1.29 is 18.8 Å². The molecule has 0 aliphatic rings. The normalized spacial score (nSPS) is 11.5. The molecule has 0 aliphatic heterocycles. The van der Waals surface area contributed by atoms with Crippen molar-refractivity contribution in [3.05, 3.63) is 41.4 Å². The van der Waals surface area contributed by atoms with Crippen LogP contribution in [-0.4, -0.2) is 46.6 Å². The lowest BCUT2D eigenvalue weighted by atomic mass is 10.3. The predicted octanol–water partition coefficient (Wildman–Crippen LogP) is 2.59. The van der Waals surface area contributed by atoms with Crippen molar-refractivity contribution in [2.45, 2.75) is 37.2 Å². The number of esters is 1. The minimum atomic E-state index is -0.961. The molecule has 0 bridgehead atoms. The zero-order valence-corrected chi connectivity index (χ0v) is 16.2. The molecule has 0 saturated carbocycles. The van der Waals surface area contributed by atoms with Crippen LogP contribution in [0.2, 0.25) is 0 Å². The lowest BCUT2D eigenvalue weighted by Crippen LogP contribution is -2.38. The lowest BCUT2D eigenvalue weighted by Gasteiger charge is -2.20. The van der Waals surface area contributed by atoms with Crippen LogP contribution in [0.5, 0.6) is 0 Å². The van der Waals surface area contributed by atoms with Crippen LogP contribution in [0.3, 0.4) is 0 Å². The van der Waals surface area contributed by atoms with E-state index in [9.17, 15) is 9.59 Å². The summed E-state index contributed by atoms with van der Waals surface area (Å²) < 4.78 is 10.3. The van der Waals surface area contributed by atoms with Gasteiger partial charge in [-0.25, -0.2) is 9.78 Å². The van der Waals surface area contributed by atoms with Gasteiger partial charge in [0.2, 0.25) is 0 Å². The first-order valence-electron chi connectivity index (χ1n) is 8.25. The van der Waals surface area contributed by atoms with E-state index >= 15 is 0 Å². The Bertz CT molecular complexity index is 846. The van der Waals surface area contributed by atoms with Crippen molar-refractivity contribution in [3.63, 3.8) is 0 Å². The molecule has 0 N–H and O–H groups in total. The second kappa shape index (κ2) is 9.73. The van der Waals surface area contributed by atoms with Gasteiger partial charge >= 0.3 is 5.97 Å². The molecular formula is C18H20N4O4S. The van der Waals surface area contributed by atoms with Gasteiger partial charge in [-0.05, 0) is 26.0 Å². The molecule has 1 atom stereocenters. The molecule has 1 amide bonds. The number of hydrogen-bond acceptors (Lipinski definition) is 8. The van der Waals surface area contributed by atoms with Gasteiger partial charge in [0.1, 0.15) is 10.8 Å². The van der Waals surface area contributed by atoms with Gasteiger partial charge in [-0.2, -0.15) is 5.26 Å². The highest BCUT2D eigenvalue weighted by molar-refractivity contribution is 7.98. The summed E-state index contributed by atoms with van der Waals surface area (Å²) >= 11 is 1.33. The van der Waals surface area contributed by atoms with E-state index in [1.165, 1.54) is 23.6 Å². The average molecular weight is 388 g/mol. The molecule has 0 spiro atoms. The summed E-state index contributed by atoms with van der Waals surface area (Å²) in [6, 6.07) is 7.01. The first kappa shape index (κ1) is 20.5. The van der Waals surface area contributed by atoms with Crippen molar-refractivity contribution >= 4 is 23.6 Å². The standard InChI is InChI=1S/C18H20N4O4S/c1-12-10-14(21-26-12)11-27-16-15(6-4-8-20-16)18(24)25-13(2)17(23)22(3)9-5-7-19/h4,6,8,10,13H,5,9,11H2,1-3H3/t13-/m1/s1. The molecule has 2 rings (SSSR count). The largest absolute Gasteiger partial charge is 0.449 e. The number of rotatable bonds is 8. The highest BCUT2D eigenvalue weighted by atomic mass is 32.2. The summed E-state index contributed by atoms with van der Waals surface area (Å²) in [6.07, 6.45) is 0.836. The van der Waals surface area contributed by atoms with Crippen LogP contribution < -0.4 is 0 Å². The number of likely N-dealkylation sites (N-methyl/N-ethyl adjacent to an activating group) is 1. The third-order valence-electron chi connectivity index (χ3n) is 3.59. The number of carbonyl (C=O) groups is 2. The SMILES string of the molecule is Cc1cc(CSc2ncccc2C(=O)O[C@H](C)C(=O)N(C)CCC#N)no1. The number of hydrogen-bond donors (Lipinski definition) is 0. The van der Waals surface area contributed by atoms with E-state index < -0.39 is 12.1 Å². The number of amides is 1. The molecule has 2 heterocycles. The van der Waals surface area contributed by atoms with Crippen LogP contribution in [0, 0.1) is 18.3 Å². The maximum atomic E-state index is 12.5. The van der Waals surface area contributed by atoms with E-state index in [0.717, 1.165) is 5.69 Å². The Morgan fingerprint density at radius 1 is 1.48 bits per heavy atom. The van der Waals surface area contributed by atoms with Crippen LogP contribution >= 0.6 is 11.8 Å². The fraction of sp³-hybridized carbons (Fsp3) is 0.389. The molecule has 0 unspecified atom stereocenters. The molecule has 27 heavy (non-hydrogen) atoms. The maximum Gasteiger partial charge on any atom is 0.341 e. The van der Waals surface area contributed by atoms with Crippen LogP contribution in [0.15, 0.2) is 33.9 Å². The Morgan fingerprint density at radius 2 is 2.26 bits per heavy atom. The molecule has 0 aliphatic carbocycles. The molecule has 2 aromatic heterocycles. The van der Waals surface area contributed by atoms with E-state index in [-0.39, 0.29) is 24.4 Å². The van der Waals surface area contributed by atoms with Gasteiger partial charge in [-0.3, -0.25) is 4.79 Å².